The Hall–Kier alpha value is -1.81. The average Bonchev–Trinajstić information content (AvgIpc) is 2.85. The number of hydrogen-bond donors (Lipinski definition) is 2. The zero-order valence-electron chi connectivity index (χ0n) is 10.6. The number of carbonyl (C=O) groups is 1. The molecule has 4 nitrogen and oxygen atoms in total. The molecular weight excluding hydrogens is 242 g/mol. The monoisotopic (exact) mass is 259 g/mol. The van der Waals surface area contributed by atoms with Gasteiger partial charge in [0.2, 0.25) is 0 Å². The van der Waals surface area contributed by atoms with Crippen LogP contribution in [0, 0.1) is 0 Å². The van der Waals surface area contributed by atoms with E-state index < -0.39 is 6.10 Å². The predicted octanol–water partition coefficient (Wildman–Crippen LogP) is 2.47. The van der Waals surface area contributed by atoms with Crippen LogP contribution in [-0.2, 0) is 0 Å². The molecule has 2 aromatic rings. The van der Waals surface area contributed by atoms with Crippen LogP contribution in [0.3, 0.4) is 0 Å². The van der Waals surface area contributed by atoms with Gasteiger partial charge in [0.05, 0.1) is 17.7 Å². The fourth-order valence-electron chi connectivity index (χ4n) is 2.68. The van der Waals surface area contributed by atoms with E-state index >= 15 is 0 Å². The summed E-state index contributed by atoms with van der Waals surface area (Å²) in [6.45, 7) is 0. The molecule has 1 aromatic carbocycles. The van der Waals surface area contributed by atoms with Crippen molar-refractivity contribution in [1.29, 1.82) is 0 Å². The smallest absolute Gasteiger partial charge is 0.255 e. The molecule has 19 heavy (non-hydrogen) atoms. The molecule has 1 heterocycles. The zero-order chi connectivity index (χ0) is 13.2. The van der Waals surface area contributed by atoms with Crippen LogP contribution < -0.4 is 5.32 Å². The Morgan fingerprint density at radius 2 is 2.05 bits per heavy atom. The summed E-state index contributed by atoms with van der Waals surface area (Å²) < 4.78 is 5.36. The molecule has 100 valence electrons. The molecule has 1 aromatic heterocycles. The van der Waals surface area contributed by atoms with Crippen LogP contribution in [0.15, 0.2) is 34.9 Å². The molecular formula is C15H17NO3. The highest BCUT2D eigenvalue weighted by atomic mass is 16.3. The van der Waals surface area contributed by atoms with Gasteiger partial charge in [0.25, 0.3) is 5.91 Å². The minimum absolute atomic E-state index is 0.144. The Kier molecular flexibility index (Phi) is 3.25. The Labute approximate surface area is 111 Å². The van der Waals surface area contributed by atoms with E-state index in [0.29, 0.717) is 11.1 Å². The average molecular weight is 259 g/mol. The summed E-state index contributed by atoms with van der Waals surface area (Å²) in [5, 5.41) is 13.6. The van der Waals surface area contributed by atoms with Crippen molar-refractivity contribution in [3.05, 3.63) is 36.1 Å². The highest BCUT2D eigenvalue weighted by Crippen LogP contribution is 2.22. The number of aliphatic hydroxyl groups is 1. The first-order valence-electron chi connectivity index (χ1n) is 6.71. The van der Waals surface area contributed by atoms with E-state index in [2.05, 4.69) is 5.32 Å². The van der Waals surface area contributed by atoms with E-state index in [1.54, 1.807) is 0 Å². The zero-order valence-corrected chi connectivity index (χ0v) is 10.6. The molecule has 2 N–H and O–H groups in total. The Bertz CT molecular complexity index is 590. The lowest BCUT2D eigenvalue weighted by Crippen LogP contribution is -2.45. The van der Waals surface area contributed by atoms with Crippen LogP contribution in [0.25, 0.3) is 11.0 Å². The molecule has 2 unspecified atom stereocenters. The van der Waals surface area contributed by atoms with Crippen molar-refractivity contribution in [1.82, 2.24) is 5.32 Å². The number of nitrogens with one attached hydrogen (secondary N) is 1. The number of para-hydroxylation sites is 1. The number of carbonyl (C=O) groups excluding carboxylic acids is 1. The molecule has 1 aliphatic carbocycles. The maximum atomic E-state index is 12.3. The van der Waals surface area contributed by atoms with Crippen LogP contribution >= 0.6 is 0 Å². The van der Waals surface area contributed by atoms with E-state index in [1.807, 2.05) is 24.3 Å². The highest BCUT2D eigenvalue weighted by molar-refractivity contribution is 6.06. The van der Waals surface area contributed by atoms with Crippen LogP contribution in [0.1, 0.15) is 36.0 Å². The van der Waals surface area contributed by atoms with Crippen molar-refractivity contribution >= 4 is 16.9 Å². The number of benzene rings is 1. The van der Waals surface area contributed by atoms with Crippen molar-refractivity contribution in [3.8, 4) is 0 Å². The van der Waals surface area contributed by atoms with Gasteiger partial charge in [0, 0.05) is 5.39 Å². The molecule has 1 saturated carbocycles. The highest BCUT2D eigenvalue weighted by Gasteiger charge is 2.25. The third-order valence-corrected chi connectivity index (χ3v) is 3.77. The molecule has 2 atom stereocenters. The maximum absolute atomic E-state index is 12.3. The number of aliphatic hydroxyl groups excluding tert-OH is 1. The third kappa shape index (κ3) is 2.36. The minimum Gasteiger partial charge on any atom is -0.463 e. The summed E-state index contributed by atoms with van der Waals surface area (Å²) >= 11 is 0. The standard InChI is InChI=1S/C15H17NO3/c17-13-7-3-2-6-12(13)16-15(18)11-9-19-14-8-4-1-5-10(11)14/h1,4-5,8-9,12-13,17H,2-3,6-7H2,(H,16,18). The van der Waals surface area contributed by atoms with Crippen molar-refractivity contribution in [2.75, 3.05) is 0 Å². The summed E-state index contributed by atoms with van der Waals surface area (Å²) in [6.07, 6.45) is 4.72. The van der Waals surface area contributed by atoms with Gasteiger partial charge in [0.15, 0.2) is 0 Å². The molecule has 0 saturated heterocycles. The topological polar surface area (TPSA) is 62.5 Å². The Morgan fingerprint density at radius 3 is 2.89 bits per heavy atom. The number of furan rings is 1. The van der Waals surface area contributed by atoms with Crippen LogP contribution in [0.2, 0.25) is 0 Å². The fraction of sp³-hybridized carbons (Fsp3) is 0.400. The molecule has 3 rings (SSSR count). The van der Waals surface area contributed by atoms with E-state index in [1.165, 1.54) is 6.26 Å². The van der Waals surface area contributed by atoms with E-state index in [-0.39, 0.29) is 11.9 Å². The van der Waals surface area contributed by atoms with Gasteiger partial charge >= 0.3 is 0 Å². The van der Waals surface area contributed by atoms with Crippen LogP contribution in [0.5, 0.6) is 0 Å². The first-order valence-corrected chi connectivity index (χ1v) is 6.71. The number of fused-ring (bicyclic) bond motifs is 1. The van der Waals surface area contributed by atoms with Gasteiger partial charge in [-0.25, -0.2) is 0 Å². The van der Waals surface area contributed by atoms with Gasteiger partial charge in [-0.2, -0.15) is 0 Å². The summed E-state index contributed by atoms with van der Waals surface area (Å²) in [5.74, 6) is -0.170. The molecule has 1 fully saturated rings. The van der Waals surface area contributed by atoms with Crippen molar-refractivity contribution in [2.45, 2.75) is 37.8 Å². The van der Waals surface area contributed by atoms with Gasteiger partial charge < -0.3 is 14.8 Å². The molecule has 0 radical (unpaired) electrons. The summed E-state index contributed by atoms with van der Waals surface area (Å²) in [4.78, 5) is 12.3. The van der Waals surface area contributed by atoms with Crippen molar-refractivity contribution in [3.63, 3.8) is 0 Å². The van der Waals surface area contributed by atoms with E-state index in [9.17, 15) is 9.90 Å². The molecule has 4 heteroatoms. The van der Waals surface area contributed by atoms with Gasteiger partial charge in [-0.15, -0.1) is 0 Å². The molecule has 0 spiro atoms. The largest absolute Gasteiger partial charge is 0.463 e. The lowest BCUT2D eigenvalue weighted by molar-refractivity contribution is 0.0718. The van der Waals surface area contributed by atoms with Crippen LogP contribution in [0.4, 0.5) is 0 Å². The number of rotatable bonds is 2. The van der Waals surface area contributed by atoms with Crippen LogP contribution in [-0.4, -0.2) is 23.2 Å². The van der Waals surface area contributed by atoms with Gasteiger partial charge in [-0.3, -0.25) is 4.79 Å². The van der Waals surface area contributed by atoms with E-state index in [4.69, 9.17) is 4.42 Å². The predicted molar refractivity (Wildman–Crippen MR) is 71.9 cm³/mol. The second-order valence-corrected chi connectivity index (χ2v) is 5.08. The number of amides is 1. The molecule has 1 aliphatic rings. The SMILES string of the molecule is O=C(NC1CCCCC1O)c1coc2ccccc12. The lowest BCUT2D eigenvalue weighted by atomic mass is 9.92. The quantitative estimate of drug-likeness (QED) is 0.870. The Morgan fingerprint density at radius 1 is 1.26 bits per heavy atom. The van der Waals surface area contributed by atoms with Crippen molar-refractivity contribution in [2.24, 2.45) is 0 Å². The lowest BCUT2D eigenvalue weighted by Gasteiger charge is -2.28. The third-order valence-electron chi connectivity index (χ3n) is 3.77. The van der Waals surface area contributed by atoms with Crippen molar-refractivity contribution < 1.29 is 14.3 Å². The minimum atomic E-state index is -0.434. The summed E-state index contributed by atoms with van der Waals surface area (Å²) in [7, 11) is 0. The second kappa shape index (κ2) is 5.05. The summed E-state index contributed by atoms with van der Waals surface area (Å²) in [5.41, 5.74) is 1.24. The van der Waals surface area contributed by atoms with Gasteiger partial charge in [-0.1, -0.05) is 31.0 Å². The molecule has 1 amide bonds. The fourth-order valence-corrected chi connectivity index (χ4v) is 2.68. The molecule has 0 aliphatic heterocycles. The number of hydrogen-bond acceptors (Lipinski definition) is 3. The second-order valence-electron chi connectivity index (χ2n) is 5.08. The normalized spacial score (nSPS) is 23.4. The molecule has 0 bridgehead atoms. The first-order chi connectivity index (χ1) is 9.25. The maximum Gasteiger partial charge on any atom is 0.255 e. The summed E-state index contributed by atoms with van der Waals surface area (Å²) in [6, 6.07) is 7.31. The Balaban J connectivity index is 1.80. The first kappa shape index (κ1) is 12.2. The van der Waals surface area contributed by atoms with Gasteiger partial charge in [-0.05, 0) is 18.9 Å². The van der Waals surface area contributed by atoms with E-state index in [0.717, 1.165) is 31.1 Å². The van der Waals surface area contributed by atoms with Gasteiger partial charge in [0.1, 0.15) is 11.8 Å².